The number of aromatic nitrogens is 1. The van der Waals surface area contributed by atoms with Crippen molar-refractivity contribution in [1.82, 2.24) is 9.88 Å². The number of halogens is 3. The van der Waals surface area contributed by atoms with E-state index < -0.39 is 35.3 Å². The molecule has 0 unspecified atom stereocenters. The summed E-state index contributed by atoms with van der Waals surface area (Å²) in [5, 5.41) is 0.419. The zero-order valence-corrected chi connectivity index (χ0v) is 17.3. The molecule has 2 aromatic rings. The summed E-state index contributed by atoms with van der Waals surface area (Å²) in [4.78, 5) is 42.1. The number of hydrogen-bond acceptors (Lipinski definition) is 7. The van der Waals surface area contributed by atoms with Crippen molar-refractivity contribution >= 4 is 44.3 Å². The lowest BCUT2D eigenvalue weighted by atomic mass is 9.95. The lowest BCUT2D eigenvalue weighted by Gasteiger charge is -2.34. The van der Waals surface area contributed by atoms with Gasteiger partial charge in [0.2, 0.25) is 11.0 Å². The van der Waals surface area contributed by atoms with E-state index in [9.17, 15) is 27.6 Å². The van der Waals surface area contributed by atoms with Gasteiger partial charge in [-0.15, -0.1) is 0 Å². The van der Waals surface area contributed by atoms with Gasteiger partial charge in [0.1, 0.15) is 5.57 Å². The number of rotatable bonds is 5. The van der Waals surface area contributed by atoms with Crippen LogP contribution in [0.15, 0.2) is 35.5 Å². The number of fused-ring (bicyclic) bond motifs is 1. The number of hydrogen-bond donors (Lipinski definition) is 2. The highest BCUT2D eigenvalue weighted by Gasteiger charge is 2.46. The largest absolute Gasteiger partial charge is 0.455 e. The monoisotopic (exact) mass is 455 g/mol. The number of hydrazine groups is 1. The normalized spacial score (nSPS) is 16.2. The van der Waals surface area contributed by atoms with E-state index in [-0.39, 0.29) is 23.9 Å². The molecule has 8 nitrogen and oxygen atoms in total. The first-order valence-corrected chi connectivity index (χ1v) is 10.1. The Morgan fingerprint density at radius 2 is 1.81 bits per heavy atom. The van der Waals surface area contributed by atoms with Crippen molar-refractivity contribution in [2.24, 2.45) is 17.5 Å². The Morgan fingerprint density at radius 3 is 2.35 bits per heavy atom. The van der Waals surface area contributed by atoms with Gasteiger partial charge in [0.05, 0.1) is 10.2 Å². The first-order valence-electron chi connectivity index (χ1n) is 9.32. The van der Waals surface area contributed by atoms with Gasteiger partial charge in [-0.2, -0.15) is 13.2 Å². The number of primary amides is 1. The second-order valence-electron chi connectivity index (χ2n) is 7.09. The maximum absolute atomic E-state index is 13.3. The summed E-state index contributed by atoms with van der Waals surface area (Å²) < 4.78 is 40.6. The Labute approximate surface area is 179 Å². The first kappa shape index (κ1) is 22.7. The topological polar surface area (TPSA) is 123 Å². The number of thiazole rings is 1. The zero-order chi connectivity index (χ0) is 22.9. The van der Waals surface area contributed by atoms with Gasteiger partial charge in [-0.05, 0) is 31.9 Å². The number of carbonyl (C=O) groups excluding carboxylic acids is 3. The molecule has 0 aliphatic carbocycles. The number of Topliss-reactive ketones (excluding diaryl/α,β-unsaturated/α-hetero) is 1. The fraction of sp³-hybridized carbons (Fsp3) is 0.368. The molecule has 166 valence electrons. The van der Waals surface area contributed by atoms with Crippen LogP contribution in [0.25, 0.3) is 10.2 Å². The molecule has 1 aromatic carbocycles. The van der Waals surface area contributed by atoms with Crippen molar-refractivity contribution in [2.75, 3.05) is 18.1 Å². The van der Waals surface area contributed by atoms with Crippen molar-refractivity contribution < 1.29 is 27.6 Å². The Bertz CT molecular complexity index is 1020. The van der Waals surface area contributed by atoms with Crippen LogP contribution in [0.1, 0.15) is 19.8 Å². The van der Waals surface area contributed by atoms with E-state index >= 15 is 0 Å². The van der Waals surface area contributed by atoms with Crippen LogP contribution in [0.3, 0.4) is 0 Å². The minimum absolute atomic E-state index is 0.0427. The minimum Gasteiger partial charge on any atom is -0.374 e. The highest BCUT2D eigenvalue weighted by atomic mass is 32.1. The first-order chi connectivity index (χ1) is 14.5. The Balaban J connectivity index is 1.96. The van der Waals surface area contributed by atoms with Gasteiger partial charge in [0.15, 0.2) is 0 Å². The number of nitrogens with zero attached hydrogens (tertiary/aromatic N) is 3. The molecule has 0 bridgehead atoms. The molecule has 0 saturated carbocycles. The second kappa shape index (κ2) is 8.63. The van der Waals surface area contributed by atoms with Crippen LogP contribution in [0.2, 0.25) is 0 Å². The fourth-order valence-corrected chi connectivity index (χ4v) is 4.27. The van der Waals surface area contributed by atoms with E-state index in [1.54, 1.807) is 24.3 Å². The van der Waals surface area contributed by atoms with E-state index in [0.29, 0.717) is 28.1 Å². The Kier molecular flexibility index (Phi) is 6.32. The van der Waals surface area contributed by atoms with E-state index in [2.05, 4.69) is 4.98 Å². The molecule has 1 saturated heterocycles. The van der Waals surface area contributed by atoms with Crippen LogP contribution < -0.4 is 16.6 Å². The second-order valence-corrected chi connectivity index (χ2v) is 8.10. The van der Waals surface area contributed by atoms with Crippen molar-refractivity contribution in [3.8, 4) is 0 Å². The summed E-state index contributed by atoms with van der Waals surface area (Å²) in [5.41, 5.74) is 4.56. The van der Waals surface area contributed by atoms with E-state index in [0.717, 1.165) is 11.3 Å². The smallest absolute Gasteiger partial charge is 0.374 e. The third-order valence-electron chi connectivity index (χ3n) is 5.14. The van der Waals surface area contributed by atoms with Crippen LogP contribution in [-0.4, -0.2) is 46.7 Å². The van der Waals surface area contributed by atoms with E-state index in [1.807, 2.05) is 0 Å². The van der Waals surface area contributed by atoms with Crippen molar-refractivity contribution in [1.29, 1.82) is 0 Å². The average molecular weight is 455 g/mol. The standard InChI is InChI=1S/C19H20F3N5O3S/c1-10(26-8-6-11(7-9-26)16(23)29)14(15(28)19(20,21)22)17(30)27(24)18-25-12-4-2-3-5-13(12)31-18/h2-5,11H,6-9,24H2,1H3,(H2,23,29)/b14-10+. The number of allylic oxidation sites excluding steroid dienone is 1. The Hall–Kier alpha value is -2.99. The summed E-state index contributed by atoms with van der Waals surface area (Å²) in [6.07, 6.45) is -4.66. The summed E-state index contributed by atoms with van der Waals surface area (Å²) >= 11 is 1.01. The maximum Gasteiger partial charge on any atom is 0.455 e. The van der Waals surface area contributed by atoms with Crippen molar-refractivity contribution in [2.45, 2.75) is 25.9 Å². The molecule has 12 heteroatoms. The van der Waals surface area contributed by atoms with Crippen LogP contribution in [0.4, 0.5) is 18.3 Å². The predicted octanol–water partition coefficient (Wildman–Crippen LogP) is 2.11. The van der Waals surface area contributed by atoms with Gasteiger partial charge in [0, 0.05) is 24.7 Å². The minimum atomic E-state index is -5.27. The maximum atomic E-state index is 13.3. The van der Waals surface area contributed by atoms with Gasteiger partial charge >= 0.3 is 6.18 Å². The average Bonchev–Trinajstić information content (AvgIpc) is 3.16. The number of nitrogens with two attached hydrogens (primary N) is 2. The lowest BCUT2D eigenvalue weighted by molar-refractivity contribution is -0.167. The summed E-state index contributed by atoms with van der Waals surface area (Å²) in [6.45, 7) is 1.60. The van der Waals surface area contributed by atoms with Crippen LogP contribution in [-0.2, 0) is 14.4 Å². The number of alkyl halides is 3. The molecule has 4 N–H and O–H groups in total. The molecule has 0 atom stereocenters. The van der Waals surface area contributed by atoms with Gasteiger partial charge in [-0.3, -0.25) is 14.4 Å². The van der Waals surface area contributed by atoms with E-state index in [1.165, 1.54) is 11.8 Å². The van der Waals surface area contributed by atoms with Gasteiger partial charge in [-0.1, -0.05) is 23.5 Å². The molecule has 1 aliphatic heterocycles. The molecular formula is C19H20F3N5O3S. The van der Waals surface area contributed by atoms with Crippen LogP contribution >= 0.6 is 11.3 Å². The molecule has 1 fully saturated rings. The lowest BCUT2D eigenvalue weighted by Crippen LogP contribution is -2.45. The predicted molar refractivity (Wildman–Crippen MR) is 109 cm³/mol. The van der Waals surface area contributed by atoms with Crippen LogP contribution in [0.5, 0.6) is 0 Å². The van der Waals surface area contributed by atoms with E-state index in [4.69, 9.17) is 11.6 Å². The zero-order valence-electron chi connectivity index (χ0n) is 16.5. The number of ketones is 1. The Morgan fingerprint density at radius 1 is 1.19 bits per heavy atom. The molecule has 1 aliphatic rings. The molecule has 0 spiro atoms. The van der Waals surface area contributed by atoms with Crippen molar-refractivity contribution in [3.05, 3.63) is 35.5 Å². The number of carbonyl (C=O) groups is 3. The number of piperidine rings is 1. The van der Waals surface area contributed by atoms with Crippen LogP contribution in [0, 0.1) is 5.92 Å². The van der Waals surface area contributed by atoms with Crippen molar-refractivity contribution in [3.63, 3.8) is 0 Å². The third-order valence-corrected chi connectivity index (χ3v) is 6.18. The SMILES string of the molecule is C/C(=C(\C(=O)N(N)c1nc2ccccc2s1)C(=O)C(F)(F)F)N1CCC(C(N)=O)CC1. The molecule has 3 rings (SSSR count). The number of amides is 2. The van der Waals surface area contributed by atoms with Gasteiger partial charge in [-0.25, -0.2) is 15.8 Å². The molecule has 31 heavy (non-hydrogen) atoms. The van der Waals surface area contributed by atoms with Gasteiger partial charge < -0.3 is 10.6 Å². The molecular weight excluding hydrogens is 435 g/mol. The molecule has 2 amide bonds. The summed E-state index contributed by atoms with van der Waals surface area (Å²) in [5.74, 6) is 1.31. The molecule has 2 heterocycles. The number of anilines is 1. The quantitative estimate of drug-likeness (QED) is 0.178. The highest BCUT2D eigenvalue weighted by Crippen LogP contribution is 2.31. The summed E-state index contributed by atoms with van der Waals surface area (Å²) in [6, 6.07) is 6.85. The number of likely N-dealkylation sites (tertiary alicyclic amines) is 1. The molecule has 0 radical (unpaired) electrons. The summed E-state index contributed by atoms with van der Waals surface area (Å²) in [7, 11) is 0. The third kappa shape index (κ3) is 4.69. The highest BCUT2D eigenvalue weighted by molar-refractivity contribution is 7.22. The number of para-hydroxylation sites is 1. The fourth-order valence-electron chi connectivity index (χ4n) is 3.39. The molecule has 1 aromatic heterocycles. The number of benzene rings is 1. The van der Waals surface area contributed by atoms with Gasteiger partial charge in [0.25, 0.3) is 11.7 Å².